The minimum Gasteiger partial charge on any atom is -0.485 e. The largest absolute Gasteiger partial charge is 0.485 e. The van der Waals surface area contributed by atoms with Crippen LogP contribution in [0.25, 0.3) is 0 Å². The van der Waals surface area contributed by atoms with E-state index in [0.29, 0.717) is 17.4 Å². The van der Waals surface area contributed by atoms with Crippen molar-refractivity contribution < 1.29 is 18.7 Å². The molecular weight excluding hydrogens is 294 g/mol. The third kappa shape index (κ3) is 2.94. The van der Waals surface area contributed by atoms with Crippen LogP contribution in [0.4, 0.5) is 0 Å². The lowest BCUT2D eigenvalue weighted by Gasteiger charge is -2.23. The van der Waals surface area contributed by atoms with Gasteiger partial charge in [-0.2, -0.15) is 0 Å². The van der Waals surface area contributed by atoms with Gasteiger partial charge in [-0.25, -0.2) is 0 Å². The average molecular weight is 307 g/mol. The predicted octanol–water partition coefficient (Wildman–Crippen LogP) is 1.55. The van der Waals surface area contributed by atoms with Gasteiger partial charge in [-0.05, 0) is 19.1 Å². The summed E-state index contributed by atoms with van der Waals surface area (Å²) in [6.45, 7) is 1.96. The number of carbonyl (C=O) groups is 1. The van der Waals surface area contributed by atoms with Crippen LogP contribution in [0.5, 0.6) is 11.5 Å². The van der Waals surface area contributed by atoms with E-state index in [9.17, 15) is 4.79 Å². The molecule has 1 aliphatic rings. The molecule has 2 heterocycles. The zero-order chi connectivity index (χ0) is 14.8. The second-order valence-electron chi connectivity index (χ2n) is 4.43. The number of carbonyl (C=O) groups excluding carboxylic acids is 1. The van der Waals surface area contributed by atoms with Gasteiger partial charge in [0.1, 0.15) is 6.61 Å². The molecule has 3 rings (SSSR count). The first kappa shape index (κ1) is 13.7. The molecule has 0 bridgehead atoms. The summed E-state index contributed by atoms with van der Waals surface area (Å²) in [6, 6.07) is 7.36. The van der Waals surface area contributed by atoms with Gasteiger partial charge in [-0.15, -0.1) is 10.2 Å². The van der Waals surface area contributed by atoms with Crippen molar-refractivity contribution in [1.29, 1.82) is 0 Å². The van der Waals surface area contributed by atoms with E-state index < -0.39 is 17.3 Å². The molecule has 7 nitrogen and oxygen atoms in total. The molecule has 1 aromatic carbocycles. The maximum atomic E-state index is 11.0. The van der Waals surface area contributed by atoms with Crippen LogP contribution in [-0.2, 0) is 4.79 Å². The molecule has 1 aromatic heterocycles. The molecule has 0 fully saturated rings. The normalized spacial score (nSPS) is 18.2. The number of thioether (sulfide) groups is 1. The number of fused-ring (bicyclic) bond motifs is 1. The van der Waals surface area contributed by atoms with Crippen molar-refractivity contribution in [2.24, 2.45) is 5.73 Å². The lowest BCUT2D eigenvalue weighted by atomic mass is 10.2. The number of hydrogen-bond acceptors (Lipinski definition) is 7. The minimum absolute atomic E-state index is 0.277. The van der Waals surface area contributed by atoms with Gasteiger partial charge in [-0.3, -0.25) is 4.79 Å². The number of rotatable bonds is 4. The van der Waals surface area contributed by atoms with Crippen molar-refractivity contribution in [1.82, 2.24) is 10.2 Å². The number of para-hydroxylation sites is 2. The third-order valence-electron chi connectivity index (χ3n) is 2.88. The number of nitrogens with zero attached hydrogens (tertiary/aromatic N) is 2. The fourth-order valence-electron chi connectivity index (χ4n) is 1.75. The molecule has 2 N–H and O–H groups in total. The second-order valence-corrected chi connectivity index (χ2v) is 5.72. The number of primary amides is 1. The Morgan fingerprint density at radius 2 is 2.14 bits per heavy atom. The Labute approximate surface area is 124 Å². The summed E-state index contributed by atoms with van der Waals surface area (Å²) >= 11 is 1.11. The summed E-state index contributed by atoms with van der Waals surface area (Å²) in [6.07, 6.45) is -0.467. The Morgan fingerprint density at radius 3 is 2.90 bits per heavy atom. The summed E-state index contributed by atoms with van der Waals surface area (Å²) in [5.41, 5.74) is 5.19. The lowest BCUT2D eigenvalue weighted by Crippen LogP contribution is -2.22. The van der Waals surface area contributed by atoms with E-state index in [2.05, 4.69) is 10.2 Å². The van der Waals surface area contributed by atoms with Crippen LogP contribution in [0.15, 0.2) is 33.9 Å². The summed E-state index contributed by atoms with van der Waals surface area (Å²) in [5.74, 6) is 1.19. The summed E-state index contributed by atoms with van der Waals surface area (Å²) in [4.78, 5) is 11.0. The van der Waals surface area contributed by atoms with Gasteiger partial charge >= 0.3 is 0 Å². The van der Waals surface area contributed by atoms with E-state index in [0.717, 1.165) is 11.8 Å². The van der Waals surface area contributed by atoms with E-state index in [1.165, 1.54) is 0 Å². The van der Waals surface area contributed by atoms with Gasteiger partial charge < -0.3 is 19.6 Å². The highest BCUT2D eigenvalue weighted by Gasteiger charge is 2.27. The van der Waals surface area contributed by atoms with Crippen LogP contribution in [0.3, 0.4) is 0 Å². The van der Waals surface area contributed by atoms with Crippen molar-refractivity contribution in [3.05, 3.63) is 30.2 Å². The monoisotopic (exact) mass is 307 g/mol. The Hall–Kier alpha value is -2.22. The Morgan fingerprint density at radius 1 is 1.38 bits per heavy atom. The third-order valence-corrected chi connectivity index (χ3v) is 3.84. The first-order valence-corrected chi connectivity index (χ1v) is 7.19. The van der Waals surface area contributed by atoms with Crippen LogP contribution in [-0.4, -0.2) is 28.0 Å². The first-order chi connectivity index (χ1) is 10.1. The Kier molecular flexibility index (Phi) is 3.70. The summed E-state index contributed by atoms with van der Waals surface area (Å²) < 4.78 is 16.8. The molecular formula is C13H13N3O4S. The highest BCUT2D eigenvalue weighted by atomic mass is 32.2. The van der Waals surface area contributed by atoms with Gasteiger partial charge in [0, 0.05) is 0 Å². The molecule has 0 radical (unpaired) electrons. The topological polar surface area (TPSA) is 100 Å². The quantitative estimate of drug-likeness (QED) is 0.855. The van der Waals surface area contributed by atoms with Crippen LogP contribution in [0.2, 0.25) is 0 Å². The second kappa shape index (κ2) is 5.65. The minimum atomic E-state index is -0.467. The average Bonchev–Trinajstić information content (AvgIpc) is 2.95. The van der Waals surface area contributed by atoms with Crippen molar-refractivity contribution in [2.75, 3.05) is 6.61 Å². The molecule has 1 aliphatic heterocycles. The fraction of sp³-hybridized carbons (Fsp3) is 0.308. The number of amides is 1. The van der Waals surface area contributed by atoms with Crippen molar-refractivity contribution in [3.63, 3.8) is 0 Å². The van der Waals surface area contributed by atoms with Crippen molar-refractivity contribution in [2.45, 2.75) is 23.5 Å². The molecule has 0 spiro atoms. The highest BCUT2D eigenvalue weighted by Crippen LogP contribution is 2.36. The van der Waals surface area contributed by atoms with Crippen LogP contribution in [0.1, 0.15) is 18.9 Å². The van der Waals surface area contributed by atoms with Crippen molar-refractivity contribution in [3.8, 4) is 11.5 Å². The number of nitrogens with two attached hydrogens (primary N) is 1. The van der Waals surface area contributed by atoms with E-state index in [1.807, 2.05) is 24.3 Å². The molecule has 0 aliphatic carbocycles. The molecule has 0 saturated carbocycles. The lowest BCUT2D eigenvalue weighted by molar-refractivity contribution is -0.117. The maximum absolute atomic E-state index is 11.0. The van der Waals surface area contributed by atoms with E-state index in [-0.39, 0.29) is 11.8 Å². The molecule has 8 heteroatoms. The standard InChI is InChI=1S/C13H13N3O4S/c1-7(11(14)17)21-13-16-15-12(20-13)10-6-18-8-4-2-3-5-9(8)19-10/h2-5,7,10H,6H2,1H3,(H2,14,17). The van der Waals surface area contributed by atoms with Gasteiger partial charge in [-0.1, -0.05) is 23.9 Å². The number of ether oxygens (including phenoxy) is 2. The Balaban J connectivity index is 1.71. The van der Waals surface area contributed by atoms with Gasteiger partial charge in [0.2, 0.25) is 12.0 Å². The molecule has 2 atom stereocenters. The van der Waals surface area contributed by atoms with Crippen molar-refractivity contribution >= 4 is 17.7 Å². The number of hydrogen-bond donors (Lipinski definition) is 1. The first-order valence-electron chi connectivity index (χ1n) is 6.31. The van der Waals surface area contributed by atoms with Crippen LogP contribution < -0.4 is 15.2 Å². The van der Waals surface area contributed by atoms with Gasteiger partial charge in [0.15, 0.2) is 11.5 Å². The maximum Gasteiger partial charge on any atom is 0.277 e. The predicted molar refractivity (Wildman–Crippen MR) is 74.1 cm³/mol. The molecule has 110 valence electrons. The van der Waals surface area contributed by atoms with E-state index >= 15 is 0 Å². The fourth-order valence-corrected chi connectivity index (χ4v) is 2.39. The smallest absolute Gasteiger partial charge is 0.277 e. The molecule has 0 saturated heterocycles. The highest BCUT2D eigenvalue weighted by molar-refractivity contribution is 8.00. The molecule has 1 amide bonds. The van der Waals surface area contributed by atoms with Crippen LogP contribution in [0, 0.1) is 0 Å². The number of benzene rings is 1. The van der Waals surface area contributed by atoms with E-state index in [1.54, 1.807) is 6.92 Å². The number of aromatic nitrogens is 2. The molecule has 2 aromatic rings. The SMILES string of the molecule is CC(Sc1nnc(C2COc3ccccc3O2)o1)C(N)=O. The molecule has 2 unspecified atom stereocenters. The summed E-state index contributed by atoms with van der Waals surface area (Å²) in [5, 5.41) is 7.64. The zero-order valence-corrected chi connectivity index (χ0v) is 12.0. The van der Waals surface area contributed by atoms with Gasteiger partial charge in [0.25, 0.3) is 11.1 Å². The summed E-state index contributed by atoms with van der Waals surface area (Å²) in [7, 11) is 0. The molecule has 21 heavy (non-hydrogen) atoms. The zero-order valence-electron chi connectivity index (χ0n) is 11.2. The van der Waals surface area contributed by atoms with E-state index in [4.69, 9.17) is 19.6 Å². The Bertz CT molecular complexity index is 660. The van der Waals surface area contributed by atoms with Crippen LogP contribution >= 0.6 is 11.8 Å². The van der Waals surface area contributed by atoms with Gasteiger partial charge in [0.05, 0.1) is 5.25 Å².